The third kappa shape index (κ3) is 7.30. The number of thioether (sulfide) groups is 1. The normalized spacial score (nSPS) is 18.1. The lowest BCUT2D eigenvalue weighted by Crippen LogP contribution is -2.32. The van der Waals surface area contributed by atoms with E-state index < -0.39 is 0 Å². The van der Waals surface area contributed by atoms with Gasteiger partial charge in [0.25, 0.3) is 0 Å². The second-order valence-electron chi connectivity index (χ2n) is 7.57. The molecule has 0 saturated carbocycles. The Bertz CT molecular complexity index is 510. The second kappa shape index (κ2) is 10.1. The largest absolute Gasteiger partial charge is 0.300 e. The van der Waals surface area contributed by atoms with Crippen LogP contribution in [0.5, 0.6) is 0 Å². The van der Waals surface area contributed by atoms with Crippen LogP contribution in [0.1, 0.15) is 72.6 Å². The fourth-order valence-corrected chi connectivity index (χ4v) is 3.78. The molecule has 0 bridgehead atoms. The molecule has 0 aliphatic carbocycles. The van der Waals surface area contributed by atoms with Gasteiger partial charge in [0.2, 0.25) is 11.8 Å². The number of imide groups is 1. The average molecular weight is 370 g/mol. The van der Waals surface area contributed by atoms with Gasteiger partial charge in [0.05, 0.1) is 5.25 Å². The van der Waals surface area contributed by atoms with Gasteiger partial charge in [-0.2, -0.15) is 0 Å². The summed E-state index contributed by atoms with van der Waals surface area (Å²) in [7, 11) is 0. The van der Waals surface area contributed by atoms with Gasteiger partial charge in [-0.05, 0) is 12.8 Å². The quantitative estimate of drug-likeness (QED) is 0.412. The van der Waals surface area contributed by atoms with Crippen LogP contribution >= 0.6 is 11.8 Å². The first kappa shape index (κ1) is 21.9. The summed E-state index contributed by atoms with van der Waals surface area (Å²) in [5.41, 5.74) is -0.301. The van der Waals surface area contributed by atoms with Gasteiger partial charge < -0.3 is 0 Å². The highest BCUT2D eigenvalue weighted by atomic mass is 32.2. The number of likely N-dealkylation sites (tertiary alicyclic amines) is 1. The van der Waals surface area contributed by atoms with Crippen LogP contribution in [0.3, 0.4) is 0 Å². The predicted molar refractivity (Wildman–Crippen MR) is 100 cm³/mol. The van der Waals surface area contributed by atoms with E-state index in [1.807, 2.05) is 27.7 Å². The fourth-order valence-electron chi connectivity index (χ4n) is 2.62. The van der Waals surface area contributed by atoms with Crippen LogP contribution in [0.2, 0.25) is 0 Å². The topological polar surface area (TPSA) is 71.5 Å². The Morgan fingerprint density at radius 3 is 2.40 bits per heavy atom. The van der Waals surface area contributed by atoms with E-state index in [2.05, 4.69) is 0 Å². The molecule has 0 radical (unpaired) electrons. The first-order valence-electron chi connectivity index (χ1n) is 9.17. The average Bonchev–Trinajstić information content (AvgIpc) is 2.80. The van der Waals surface area contributed by atoms with Crippen LogP contribution in [0.4, 0.5) is 0 Å². The minimum atomic E-state index is -0.334. The molecule has 2 amide bonds. The molecule has 1 saturated heterocycles. The van der Waals surface area contributed by atoms with E-state index >= 15 is 0 Å². The smallest absolute Gasteiger partial charge is 0.242 e. The van der Waals surface area contributed by atoms with Crippen LogP contribution in [0.15, 0.2) is 0 Å². The summed E-state index contributed by atoms with van der Waals surface area (Å²) >= 11 is 1.42. The number of Topliss-reactive ketones (excluding diaryl/α,β-unsaturated/α-hetero) is 2. The first-order valence-corrected chi connectivity index (χ1v) is 10.2. The van der Waals surface area contributed by atoms with E-state index in [0.717, 1.165) is 19.3 Å². The zero-order valence-electron chi connectivity index (χ0n) is 15.9. The van der Waals surface area contributed by atoms with E-state index in [4.69, 9.17) is 0 Å². The van der Waals surface area contributed by atoms with Crippen molar-refractivity contribution in [3.8, 4) is 0 Å². The van der Waals surface area contributed by atoms with Crippen LogP contribution in [0.25, 0.3) is 0 Å². The summed E-state index contributed by atoms with van der Waals surface area (Å²) in [6.07, 6.45) is 4.14. The monoisotopic (exact) mass is 369 g/mol. The minimum absolute atomic E-state index is 0.116. The number of rotatable bonds is 11. The highest BCUT2D eigenvalue weighted by Crippen LogP contribution is 2.26. The summed E-state index contributed by atoms with van der Waals surface area (Å²) in [5, 5.41) is -0.334. The van der Waals surface area contributed by atoms with Crippen molar-refractivity contribution in [1.82, 2.24) is 4.90 Å². The molecule has 0 aromatic carbocycles. The molecule has 6 heteroatoms. The molecule has 0 spiro atoms. The van der Waals surface area contributed by atoms with Crippen molar-refractivity contribution in [2.24, 2.45) is 5.41 Å². The molecule has 1 heterocycles. The third-order valence-corrected chi connectivity index (χ3v) is 5.63. The summed E-state index contributed by atoms with van der Waals surface area (Å²) in [6, 6.07) is 0. The Kier molecular flexibility index (Phi) is 8.83. The summed E-state index contributed by atoms with van der Waals surface area (Å²) in [6.45, 7) is 8.02. The molecule has 25 heavy (non-hydrogen) atoms. The van der Waals surface area contributed by atoms with E-state index in [0.29, 0.717) is 31.6 Å². The lowest BCUT2D eigenvalue weighted by atomic mass is 9.88. The van der Waals surface area contributed by atoms with E-state index in [-0.39, 0.29) is 40.5 Å². The summed E-state index contributed by atoms with van der Waals surface area (Å²) < 4.78 is 0. The maximum absolute atomic E-state index is 12.3. The molecule has 1 atom stereocenters. The van der Waals surface area contributed by atoms with Gasteiger partial charge in [-0.3, -0.25) is 24.1 Å². The second-order valence-corrected chi connectivity index (χ2v) is 8.88. The van der Waals surface area contributed by atoms with Crippen molar-refractivity contribution in [1.29, 1.82) is 0 Å². The minimum Gasteiger partial charge on any atom is -0.300 e. The van der Waals surface area contributed by atoms with Gasteiger partial charge in [0, 0.05) is 43.4 Å². The van der Waals surface area contributed by atoms with Crippen molar-refractivity contribution < 1.29 is 19.2 Å². The van der Waals surface area contributed by atoms with Crippen LogP contribution in [-0.4, -0.2) is 45.8 Å². The Morgan fingerprint density at radius 2 is 1.80 bits per heavy atom. The Balaban J connectivity index is 2.28. The van der Waals surface area contributed by atoms with Crippen LogP contribution in [-0.2, 0) is 19.2 Å². The van der Waals surface area contributed by atoms with Crippen molar-refractivity contribution in [3.05, 3.63) is 0 Å². The molecule has 1 rings (SSSR count). The number of ketones is 2. The molecular formula is C19H31NO4S. The number of unbranched alkanes of at least 4 members (excludes halogenated alkanes) is 2. The van der Waals surface area contributed by atoms with Crippen LogP contribution in [0, 0.1) is 5.41 Å². The number of carbonyl (C=O) groups is 4. The van der Waals surface area contributed by atoms with Gasteiger partial charge in [0.15, 0.2) is 0 Å². The number of carbonyl (C=O) groups excluding carboxylic acids is 4. The highest BCUT2D eigenvalue weighted by Gasteiger charge is 2.38. The first-order chi connectivity index (χ1) is 11.7. The van der Waals surface area contributed by atoms with Gasteiger partial charge in [-0.15, -0.1) is 11.8 Å². The standard InChI is InChI=1S/C19H31NO4S/c1-5-14(21)10-12-25-15-13-17(23)20(18(15)24)11-8-6-7-9-16(22)19(2,3)4/h15H,5-13H2,1-4H3. The van der Waals surface area contributed by atoms with Gasteiger partial charge >= 0.3 is 0 Å². The van der Waals surface area contributed by atoms with Gasteiger partial charge in [-0.25, -0.2) is 0 Å². The van der Waals surface area contributed by atoms with Crippen molar-refractivity contribution >= 4 is 35.1 Å². The zero-order chi connectivity index (χ0) is 19.0. The number of hydrogen-bond acceptors (Lipinski definition) is 5. The molecular weight excluding hydrogens is 338 g/mol. The lowest BCUT2D eigenvalue weighted by Gasteiger charge is -2.17. The van der Waals surface area contributed by atoms with Gasteiger partial charge in [0.1, 0.15) is 11.6 Å². The van der Waals surface area contributed by atoms with E-state index in [1.54, 1.807) is 0 Å². The van der Waals surface area contributed by atoms with Crippen LogP contribution < -0.4 is 0 Å². The maximum atomic E-state index is 12.3. The number of nitrogens with zero attached hydrogens (tertiary/aromatic N) is 1. The van der Waals surface area contributed by atoms with E-state index in [9.17, 15) is 19.2 Å². The third-order valence-electron chi connectivity index (χ3n) is 4.42. The molecule has 1 aliphatic heterocycles. The molecule has 1 aliphatic rings. The van der Waals surface area contributed by atoms with Crippen molar-refractivity contribution in [2.45, 2.75) is 77.9 Å². The highest BCUT2D eigenvalue weighted by molar-refractivity contribution is 8.00. The Morgan fingerprint density at radius 1 is 1.12 bits per heavy atom. The predicted octanol–water partition coefficient (Wildman–Crippen LogP) is 3.39. The SMILES string of the molecule is CCC(=O)CCSC1CC(=O)N(CCCCCC(=O)C(C)(C)C)C1=O. The molecule has 0 aromatic heterocycles. The molecule has 0 aromatic rings. The maximum Gasteiger partial charge on any atom is 0.242 e. The lowest BCUT2D eigenvalue weighted by molar-refractivity contribution is -0.138. The Hall–Kier alpha value is -1.17. The van der Waals surface area contributed by atoms with Crippen molar-refractivity contribution in [2.75, 3.05) is 12.3 Å². The molecule has 0 N–H and O–H groups in total. The molecule has 1 fully saturated rings. The Labute approximate surface area is 155 Å². The summed E-state index contributed by atoms with van der Waals surface area (Å²) in [5.74, 6) is 0.795. The number of amides is 2. The molecule has 1 unspecified atom stereocenters. The summed E-state index contributed by atoms with van der Waals surface area (Å²) in [4.78, 5) is 48.8. The molecule has 5 nitrogen and oxygen atoms in total. The van der Waals surface area contributed by atoms with Gasteiger partial charge in [-0.1, -0.05) is 34.1 Å². The van der Waals surface area contributed by atoms with Crippen molar-refractivity contribution in [3.63, 3.8) is 0 Å². The zero-order valence-corrected chi connectivity index (χ0v) is 16.7. The molecule has 142 valence electrons. The number of hydrogen-bond donors (Lipinski definition) is 0. The fraction of sp³-hybridized carbons (Fsp3) is 0.789. The van der Waals surface area contributed by atoms with E-state index in [1.165, 1.54) is 16.7 Å².